The Bertz CT molecular complexity index is 576. The van der Waals surface area contributed by atoms with E-state index in [0.29, 0.717) is 17.7 Å². The second-order valence-corrected chi connectivity index (χ2v) is 4.05. The Morgan fingerprint density at radius 1 is 1.05 bits per heavy atom. The third-order valence-electron chi connectivity index (χ3n) is 2.68. The zero-order chi connectivity index (χ0) is 13.7. The highest BCUT2D eigenvalue weighted by molar-refractivity contribution is 5.94. The van der Waals surface area contributed by atoms with Gasteiger partial charge in [0.15, 0.2) is 0 Å². The predicted octanol–water partition coefficient (Wildman–Crippen LogP) is 2.57. The SMILES string of the molecule is O=Cc1ccc(C(=O)NCc2ccc(F)cc2)cc1. The lowest BCUT2D eigenvalue weighted by atomic mass is 10.1. The van der Waals surface area contributed by atoms with E-state index in [1.165, 1.54) is 12.1 Å². The van der Waals surface area contributed by atoms with Crippen molar-refractivity contribution in [3.8, 4) is 0 Å². The molecule has 0 aromatic heterocycles. The molecule has 3 nitrogen and oxygen atoms in total. The van der Waals surface area contributed by atoms with Gasteiger partial charge in [0.25, 0.3) is 5.91 Å². The van der Waals surface area contributed by atoms with E-state index in [1.807, 2.05) is 0 Å². The molecule has 0 aliphatic rings. The average Bonchev–Trinajstić information content (AvgIpc) is 2.46. The van der Waals surface area contributed by atoms with Crippen LogP contribution < -0.4 is 5.32 Å². The van der Waals surface area contributed by atoms with Gasteiger partial charge in [-0.05, 0) is 29.8 Å². The standard InChI is InChI=1S/C15H12FNO2/c16-14-7-3-11(4-8-14)9-17-15(19)13-5-1-12(10-18)2-6-13/h1-8,10H,9H2,(H,17,19). The van der Waals surface area contributed by atoms with Gasteiger partial charge in [0.1, 0.15) is 12.1 Å². The van der Waals surface area contributed by atoms with Crippen LogP contribution in [0.5, 0.6) is 0 Å². The lowest BCUT2D eigenvalue weighted by Gasteiger charge is -2.05. The molecule has 0 unspecified atom stereocenters. The number of carbonyl (C=O) groups is 2. The summed E-state index contributed by atoms with van der Waals surface area (Å²) < 4.78 is 12.7. The summed E-state index contributed by atoms with van der Waals surface area (Å²) in [5.41, 5.74) is 1.82. The van der Waals surface area contributed by atoms with Crippen molar-refractivity contribution >= 4 is 12.2 Å². The monoisotopic (exact) mass is 257 g/mol. The van der Waals surface area contributed by atoms with E-state index in [-0.39, 0.29) is 11.7 Å². The van der Waals surface area contributed by atoms with Gasteiger partial charge in [0.2, 0.25) is 0 Å². The van der Waals surface area contributed by atoms with Gasteiger partial charge in [-0.3, -0.25) is 9.59 Å². The van der Waals surface area contributed by atoms with Gasteiger partial charge < -0.3 is 5.32 Å². The van der Waals surface area contributed by atoms with E-state index >= 15 is 0 Å². The fraction of sp³-hybridized carbons (Fsp3) is 0.0667. The molecule has 0 radical (unpaired) electrons. The summed E-state index contributed by atoms with van der Waals surface area (Å²) in [5, 5.41) is 2.72. The topological polar surface area (TPSA) is 46.2 Å². The Labute approximate surface area is 110 Å². The molecule has 2 rings (SSSR count). The number of aldehydes is 1. The zero-order valence-corrected chi connectivity index (χ0v) is 10.1. The molecule has 0 heterocycles. The van der Waals surface area contributed by atoms with Gasteiger partial charge in [-0.15, -0.1) is 0 Å². The second-order valence-electron chi connectivity index (χ2n) is 4.05. The highest BCUT2D eigenvalue weighted by Crippen LogP contribution is 2.05. The van der Waals surface area contributed by atoms with E-state index in [9.17, 15) is 14.0 Å². The fourth-order valence-corrected chi connectivity index (χ4v) is 1.60. The Balaban J connectivity index is 1.96. The van der Waals surface area contributed by atoms with Crippen LogP contribution >= 0.6 is 0 Å². The summed E-state index contributed by atoms with van der Waals surface area (Å²) in [6.45, 7) is 0.328. The Morgan fingerprint density at radius 3 is 2.26 bits per heavy atom. The van der Waals surface area contributed by atoms with Crippen LogP contribution in [-0.4, -0.2) is 12.2 Å². The third kappa shape index (κ3) is 3.48. The molecule has 0 atom stereocenters. The van der Waals surface area contributed by atoms with Crippen molar-refractivity contribution in [3.63, 3.8) is 0 Å². The van der Waals surface area contributed by atoms with E-state index in [4.69, 9.17) is 0 Å². The van der Waals surface area contributed by atoms with Crippen molar-refractivity contribution in [3.05, 3.63) is 71.0 Å². The molecule has 2 aromatic rings. The van der Waals surface area contributed by atoms with Crippen molar-refractivity contribution in [2.75, 3.05) is 0 Å². The number of amides is 1. The maximum Gasteiger partial charge on any atom is 0.251 e. The van der Waals surface area contributed by atoms with Crippen LogP contribution in [0.15, 0.2) is 48.5 Å². The average molecular weight is 257 g/mol. The van der Waals surface area contributed by atoms with Crippen LogP contribution in [0, 0.1) is 5.82 Å². The summed E-state index contributed by atoms with van der Waals surface area (Å²) in [6, 6.07) is 12.3. The molecule has 4 heteroatoms. The van der Waals surface area contributed by atoms with Gasteiger partial charge in [-0.1, -0.05) is 24.3 Å². The normalized spacial score (nSPS) is 9.95. The summed E-state index contributed by atoms with van der Waals surface area (Å²) in [6.07, 6.45) is 0.722. The highest BCUT2D eigenvalue weighted by atomic mass is 19.1. The van der Waals surface area contributed by atoms with Gasteiger partial charge in [0.05, 0.1) is 0 Å². The number of carbonyl (C=O) groups excluding carboxylic acids is 2. The van der Waals surface area contributed by atoms with Crippen molar-refractivity contribution < 1.29 is 14.0 Å². The maximum atomic E-state index is 12.7. The largest absolute Gasteiger partial charge is 0.348 e. The second kappa shape index (κ2) is 5.91. The van der Waals surface area contributed by atoms with Crippen LogP contribution in [0.1, 0.15) is 26.3 Å². The third-order valence-corrected chi connectivity index (χ3v) is 2.68. The molecule has 0 fully saturated rings. The first-order valence-corrected chi connectivity index (χ1v) is 5.77. The number of hydrogen-bond donors (Lipinski definition) is 1. The van der Waals surface area contributed by atoms with E-state index in [1.54, 1.807) is 36.4 Å². The fourth-order valence-electron chi connectivity index (χ4n) is 1.60. The summed E-state index contributed by atoms with van der Waals surface area (Å²) in [5.74, 6) is -0.540. The van der Waals surface area contributed by atoms with Gasteiger partial charge in [-0.25, -0.2) is 4.39 Å². The number of nitrogens with one attached hydrogen (secondary N) is 1. The van der Waals surface area contributed by atoms with Crippen molar-refractivity contribution in [2.45, 2.75) is 6.54 Å². The van der Waals surface area contributed by atoms with Crippen LogP contribution in [0.3, 0.4) is 0 Å². The number of rotatable bonds is 4. The van der Waals surface area contributed by atoms with Crippen LogP contribution in [0.4, 0.5) is 4.39 Å². The zero-order valence-electron chi connectivity index (χ0n) is 10.1. The van der Waals surface area contributed by atoms with E-state index in [0.717, 1.165) is 11.8 Å². The molecular weight excluding hydrogens is 245 g/mol. The van der Waals surface area contributed by atoms with Gasteiger partial charge in [-0.2, -0.15) is 0 Å². The molecule has 2 aromatic carbocycles. The Hall–Kier alpha value is -2.49. The minimum Gasteiger partial charge on any atom is -0.348 e. The maximum absolute atomic E-state index is 12.7. The Morgan fingerprint density at radius 2 is 1.68 bits per heavy atom. The minimum atomic E-state index is -0.306. The molecule has 0 aliphatic carbocycles. The minimum absolute atomic E-state index is 0.234. The first-order valence-electron chi connectivity index (χ1n) is 5.77. The van der Waals surface area contributed by atoms with E-state index < -0.39 is 0 Å². The molecule has 0 saturated carbocycles. The van der Waals surface area contributed by atoms with Crippen LogP contribution in [-0.2, 0) is 6.54 Å². The molecule has 0 spiro atoms. The number of halogens is 1. The van der Waals surface area contributed by atoms with Crippen molar-refractivity contribution in [1.82, 2.24) is 5.32 Å². The first kappa shape index (κ1) is 13.0. The lowest BCUT2D eigenvalue weighted by molar-refractivity contribution is 0.0950. The number of benzene rings is 2. The quantitative estimate of drug-likeness (QED) is 0.856. The highest BCUT2D eigenvalue weighted by Gasteiger charge is 2.05. The molecule has 19 heavy (non-hydrogen) atoms. The molecule has 0 aliphatic heterocycles. The van der Waals surface area contributed by atoms with Gasteiger partial charge in [0, 0.05) is 17.7 Å². The molecule has 96 valence electrons. The lowest BCUT2D eigenvalue weighted by Crippen LogP contribution is -2.22. The predicted molar refractivity (Wildman–Crippen MR) is 69.4 cm³/mol. The van der Waals surface area contributed by atoms with E-state index in [2.05, 4.69) is 5.32 Å². The summed E-state index contributed by atoms with van der Waals surface area (Å²) in [4.78, 5) is 22.3. The van der Waals surface area contributed by atoms with Crippen LogP contribution in [0.25, 0.3) is 0 Å². The summed E-state index contributed by atoms with van der Waals surface area (Å²) in [7, 11) is 0. The van der Waals surface area contributed by atoms with Crippen LogP contribution in [0.2, 0.25) is 0 Å². The smallest absolute Gasteiger partial charge is 0.251 e. The number of hydrogen-bond acceptors (Lipinski definition) is 2. The van der Waals surface area contributed by atoms with Gasteiger partial charge >= 0.3 is 0 Å². The molecule has 0 saturated heterocycles. The van der Waals surface area contributed by atoms with Crippen molar-refractivity contribution in [1.29, 1.82) is 0 Å². The molecule has 0 bridgehead atoms. The van der Waals surface area contributed by atoms with Crippen molar-refractivity contribution in [2.24, 2.45) is 0 Å². The molecule has 1 amide bonds. The molecule has 1 N–H and O–H groups in total. The first-order chi connectivity index (χ1) is 9.19. The summed E-state index contributed by atoms with van der Waals surface area (Å²) >= 11 is 0. The molecular formula is C15H12FNO2. The Kier molecular flexibility index (Phi) is 4.03.